The zero-order valence-electron chi connectivity index (χ0n) is 6.78. The lowest BCUT2D eigenvalue weighted by atomic mass is 10.1. The van der Waals surface area contributed by atoms with Crippen molar-refractivity contribution >= 4 is 13.6 Å². The summed E-state index contributed by atoms with van der Waals surface area (Å²) in [6, 6.07) is 8.72. The number of Topliss-reactive ketones (excluding diaryl/α,β-unsaturated/α-hetero) is 1. The minimum Gasteiger partial charge on any atom is -0.388 e. The molecule has 2 nitrogen and oxygen atoms in total. The molecule has 0 saturated heterocycles. The van der Waals surface area contributed by atoms with Crippen molar-refractivity contribution in [2.75, 3.05) is 6.61 Å². The maximum atomic E-state index is 10.8. The Kier molecular flexibility index (Phi) is 6.73. The first kappa shape index (κ1) is 11.8. The zero-order valence-corrected chi connectivity index (χ0v) is 6.78. The molecule has 0 fully saturated rings. The van der Waals surface area contributed by atoms with Crippen LogP contribution in [0.5, 0.6) is 0 Å². The van der Waals surface area contributed by atoms with Crippen molar-refractivity contribution in [1.82, 2.24) is 0 Å². The summed E-state index contributed by atoms with van der Waals surface area (Å²) in [5.41, 5.74) is 0.560. The SMILES string of the molecule is F[B]F.O=C(CO)c1ccccc1. The van der Waals surface area contributed by atoms with Gasteiger partial charge in [-0.1, -0.05) is 30.3 Å². The maximum Gasteiger partial charge on any atom is 0.577 e. The first-order valence-electron chi connectivity index (χ1n) is 3.47. The van der Waals surface area contributed by atoms with Gasteiger partial charge in [-0.15, -0.1) is 0 Å². The van der Waals surface area contributed by atoms with E-state index in [1.165, 1.54) is 0 Å². The van der Waals surface area contributed by atoms with Gasteiger partial charge >= 0.3 is 7.83 Å². The van der Waals surface area contributed by atoms with Gasteiger partial charge < -0.3 is 5.11 Å². The Hall–Kier alpha value is -1.23. The van der Waals surface area contributed by atoms with Crippen LogP contribution < -0.4 is 0 Å². The Balaban J connectivity index is 0.000000424. The Morgan fingerprint density at radius 2 is 1.77 bits per heavy atom. The topological polar surface area (TPSA) is 37.3 Å². The average Bonchev–Trinajstić information content (AvgIpc) is 2.19. The predicted molar refractivity (Wildman–Crippen MR) is 45.8 cm³/mol. The molecule has 0 amide bonds. The van der Waals surface area contributed by atoms with Crippen LogP contribution in [0, 0.1) is 0 Å². The third-order valence-electron chi connectivity index (χ3n) is 1.24. The number of hydrogen-bond donors (Lipinski definition) is 1. The van der Waals surface area contributed by atoms with E-state index in [9.17, 15) is 13.4 Å². The van der Waals surface area contributed by atoms with Crippen molar-refractivity contribution in [3.63, 3.8) is 0 Å². The molecule has 1 aromatic rings. The molecule has 0 unspecified atom stereocenters. The lowest BCUT2D eigenvalue weighted by Gasteiger charge is -1.93. The molecule has 0 bridgehead atoms. The fraction of sp³-hybridized carbons (Fsp3) is 0.125. The zero-order chi connectivity index (χ0) is 10.1. The summed E-state index contributed by atoms with van der Waals surface area (Å²) in [6.07, 6.45) is 0. The molecular formula is C8H8BF2O2. The van der Waals surface area contributed by atoms with Gasteiger partial charge in [0.05, 0.1) is 0 Å². The number of halogens is 2. The molecule has 0 atom stereocenters. The highest BCUT2D eigenvalue weighted by Gasteiger charge is 1.99. The number of carbonyl (C=O) groups is 1. The number of rotatable bonds is 2. The number of aliphatic hydroxyl groups is 1. The van der Waals surface area contributed by atoms with Crippen molar-refractivity contribution < 1.29 is 18.5 Å². The van der Waals surface area contributed by atoms with Crippen LogP contribution >= 0.6 is 0 Å². The van der Waals surface area contributed by atoms with E-state index in [4.69, 9.17) is 5.11 Å². The minimum absolute atomic E-state index is 0.236. The summed E-state index contributed by atoms with van der Waals surface area (Å²) in [7, 11) is -1.00. The van der Waals surface area contributed by atoms with Crippen LogP contribution in [0.1, 0.15) is 10.4 Å². The van der Waals surface area contributed by atoms with Crippen molar-refractivity contribution in [3.05, 3.63) is 35.9 Å². The van der Waals surface area contributed by atoms with Gasteiger partial charge in [0.15, 0.2) is 5.78 Å². The summed E-state index contributed by atoms with van der Waals surface area (Å²) >= 11 is 0. The van der Waals surface area contributed by atoms with E-state index in [2.05, 4.69) is 0 Å². The van der Waals surface area contributed by atoms with Crippen LogP contribution in [-0.2, 0) is 0 Å². The Labute approximate surface area is 75.5 Å². The highest BCUT2D eigenvalue weighted by molar-refractivity contribution is 6.15. The third kappa shape index (κ3) is 5.08. The highest BCUT2D eigenvalue weighted by atomic mass is 19.2. The second kappa shape index (κ2) is 7.43. The van der Waals surface area contributed by atoms with Gasteiger partial charge in [0.2, 0.25) is 0 Å². The molecule has 5 heteroatoms. The fourth-order valence-corrected chi connectivity index (χ4v) is 0.715. The number of ketones is 1. The summed E-state index contributed by atoms with van der Waals surface area (Å²) in [6.45, 7) is -0.413. The van der Waals surface area contributed by atoms with E-state index in [1.807, 2.05) is 6.07 Å². The van der Waals surface area contributed by atoms with Crippen LogP contribution in [0.4, 0.5) is 8.63 Å². The summed E-state index contributed by atoms with van der Waals surface area (Å²) in [5, 5.41) is 8.44. The second-order valence-electron chi connectivity index (χ2n) is 2.03. The number of carbonyl (C=O) groups excluding carboxylic acids is 1. The van der Waals surface area contributed by atoms with E-state index in [0.717, 1.165) is 0 Å². The van der Waals surface area contributed by atoms with E-state index in [-0.39, 0.29) is 5.78 Å². The molecule has 1 radical (unpaired) electrons. The standard InChI is InChI=1S/C8H8O2.BF2/c9-6-8(10)7-4-2-1-3-5-7;2-1-3/h1-5,9H,6H2;. The largest absolute Gasteiger partial charge is 0.577 e. The molecule has 0 aliphatic carbocycles. The van der Waals surface area contributed by atoms with Crippen molar-refractivity contribution in [2.24, 2.45) is 0 Å². The molecule has 1 rings (SSSR count). The van der Waals surface area contributed by atoms with Crippen molar-refractivity contribution in [3.8, 4) is 0 Å². The van der Waals surface area contributed by atoms with Gasteiger partial charge in [-0.2, -0.15) is 0 Å². The lowest BCUT2D eigenvalue weighted by Crippen LogP contribution is -2.02. The fourth-order valence-electron chi connectivity index (χ4n) is 0.715. The quantitative estimate of drug-likeness (QED) is 0.557. The van der Waals surface area contributed by atoms with Gasteiger partial charge in [-0.05, 0) is 0 Å². The molecule has 0 heterocycles. The number of hydrogen-bond acceptors (Lipinski definition) is 2. The molecular weight excluding hydrogens is 177 g/mol. The Morgan fingerprint density at radius 3 is 2.15 bits per heavy atom. The highest BCUT2D eigenvalue weighted by Crippen LogP contribution is 1.97. The summed E-state index contributed by atoms with van der Waals surface area (Å²) < 4.78 is 19.0. The minimum atomic E-state index is -1.00. The first-order chi connectivity index (χ1) is 6.26. The number of aliphatic hydroxyl groups excluding tert-OH is 1. The van der Waals surface area contributed by atoms with Crippen molar-refractivity contribution in [2.45, 2.75) is 0 Å². The van der Waals surface area contributed by atoms with Gasteiger partial charge in [-0.25, -0.2) is 0 Å². The Morgan fingerprint density at radius 1 is 1.31 bits per heavy atom. The average molecular weight is 185 g/mol. The molecule has 0 aromatic heterocycles. The summed E-state index contributed by atoms with van der Waals surface area (Å²) in [5.74, 6) is -0.236. The molecule has 0 aliphatic heterocycles. The molecule has 0 saturated carbocycles. The smallest absolute Gasteiger partial charge is 0.388 e. The van der Waals surface area contributed by atoms with Gasteiger partial charge in [-0.3, -0.25) is 13.4 Å². The first-order valence-corrected chi connectivity index (χ1v) is 3.47. The second-order valence-corrected chi connectivity index (χ2v) is 2.03. The van der Waals surface area contributed by atoms with E-state index >= 15 is 0 Å². The summed E-state index contributed by atoms with van der Waals surface area (Å²) in [4.78, 5) is 10.8. The molecule has 1 N–H and O–H groups in total. The molecule has 69 valence electrons. The van der Waals surface area contributed by atoms with E-state index < -0.39 is 14.4 Å². The number of benzene rings is 1. The molecule has 0 spiro atoms. The van der Waals surface area contributed by atoms with Gasteiger partial charge in [0, 0.05) is 5.56 Å². The Bertz CT molecular complexity index is 241. The lowest BCUT2D eigenvalue weighted by molar-refractivity contribution is 0.0904. The van der Waals surface area contributed by atoms with Gasteiger partial charge in [0.25, 0.3) is 0 Å². The van der Waals surface area contributed by atoms with Crippen LogP contribution in [0.2, 0.25) is 0 Å². The molecule has 13 heavy (non-hydrogen) atoms. The molecule has 0 aliphatic rings. The normalized spacial score (nSPS) is 8.23. The predicted octanol–water partition coefficient (Wildman–Crippen LogP) is 1.32. The van der Waals surface area contributed by atoms with Crippen LogP contribution in [0.25, 0.3) is 0 Å². The van der Waals surface area contributed by atoms with Crippen LogP contribution in [-0.4, -0.2) is 25.3 Å². The van der Waals surface area contributed by atoms with E-state index in [1.54, 1.807) is 24.3 Å². The maximum absolute atomic E-state index is 10.8. The molecule has 1 aromatic carbocycles. The van der Waals surface area contributed by atoms with Crippen molar-refractivity contribution in [1.29, 1.82) is 0 Å². The van der Waals surface area contributed by atoms with Gasteiger partial charge in [0.1, 0.15) is 6.61 Å². The monoisotopic (exact) mass is 185 g/mol. The third-order valence-corrected chi connectivity index (χ3v) is 1.24. The van der Waals surface area contributed by atoms with Crippen LogP contribution in [0.3, 0.4) is 0 Å². The van der Waals surface area contributed by atoms with E-state index in [0.29, 0.717) is 5.56 Å². The van der Waals surface area contributed by atoms with Crippen LogP contribution in [0.15, 0.2) is 30.3 Å².